The number of aryl methyl sites for hydroxylation is 2. The molecule has 0 aliphatic heterocycles. The Balaban J connectivity index is 2.67. The first-order valence-electron chi connectivity index (χ1n) is 5.14. The van der Waals surface area contributed by atoms with Crippen molar-refractivity contribution in [2.75, 3.05) is 0 Å². The third kappa shape index (κ3) is 1.10. The minimum Gasteiger partial charge on any atom is -0.246 e. The van der Waals surface area contributed by atoms with E-state index in [2.05, 4.69) is 22.3 Å². The average Bonchev–Trinajstić information content (AvgIpc) is 2.61. The minimum absolute atomic E-state index is 0.187. The molecule has 0 saturated heterocycles. The topological polar surface area (TPSA) is 50.2 Å². The molecule has 1 N–H and O–H groups in total. The molecule has 2 aromatic heterocycles. The van der Waals surface area contributed by atoms with Crippen molar-refractivity contribution < 1.29 is 0 Å². The number of aromatic nitrogens is 3. The molecule has 0 amide bonds. The summed E-state index contributed by atoms with van der Waals surface area (Å²) in [6, 6.07) is 8.07. The molecule has 4 heteroatoms. The zero-order chi connectivity index (χ0) is 11.3. The van der Waals surface area contributed by atoms with Crippen LogP contribution in [-0.4, -0.2) is 14.6 Å². The highest BCUT2D eigenvalue weighted by molar-refractivity contribution is 5.83. The van der Waals surface area contributed by atoms with Crippen LogP contribution in [0.1, 0.15) is 11.1 Å². The number of pyridine rings is 1. The summed E-state index contributed by atoms with van der Waals surface area (Å²) in [4.78, 5) is 11.7. The van der Waals surface area contributed by atoms with Crippen molar-refractivity contribution >= 4 is 16.6 Å². The number of nitrogens with zero attached hydrogens (tertiary/aromatic N) is 2. The molecule has 3 rings (SSSR count). The van der Waals surface area contributed by atoms with Crippen LogP contribution >= 0.6 is 0 Å². The molecule has 0 fully saturated rings. The lowest BCUT2D eigenvalue weighted by Crippen LogP contribution is -2.10. The molecule has 16 heavy (non-hydrogen) atoms. The Kier molecular flexibility index (Phi) is 1.68. The van der Waals surface area contributed by atoms with Crippen LogP contribution in [0.2, 0.25) is 0 Å². The highest BCUT2D eigenvalue weighted by atomic mass is 16.1. The van der Waals surface area contributed by atoms with E-state index in [-0.39, 0.29) is 5.69 Å². The fourth-order valence-corrected chi connectivity index (χ4v) is 2.08. The fraction of sp³-hybridized carbons (Fsp3) is 0.167. The van der Waals surface area contributed by atoms with Gasteiger partial charge >= 0.3 is 5.69 Å². The summed E-state index contributed by atoms with van der Waals surface area (Å²) in [6.45, 7) is 3.99. The van der Waals surface area contributed by atoms with Gasteiger partial charge < -0.3 is 0 Å². The van der Waals surface area contributed by atoms with E-state index in [0.717, 1.165) is 16.5 Å². The molecule has 0 saturated carbocycles. The Bertz CT molecular complexity index is 752. The number of benzene rings is 1. The van der Waals surface area contributed by atoms with E-state index in [1.165, 1.54) is 5.56 Å². The van der Waals surface area contributed by atoms with Crippen molar-refractivity contribution in [3.05, 3.63) is 45.9 Å². The highest BCUT2D eigenvalue weighted by Crippen LogP contribution is 2.19. The number of fused-ring (bicyclic) bond motifs is 3. The zero-order valence-electron chi connectivity index (χ0n) is 9.11. The van der Waals surface area contributed by atoms with Gasteiger partial charge in [0.15, 0.2) is 5.65 Å². The van der Waals surface area contributed by atoms with Gasteiger partial charge in [0, 0.05) is 0 Å². The van der Waals surface area contributed by atoms with Gasteiger partial charge in [-0.25, -0.2) is 14.3 Å². The van der Waals surface area contributed by atoms with E-state index in [1.807, 2.05) is 26.0 Å². The molecular weight excluding hydrogens is 202 g/mol. The SMILES string of the molecule is Cc1ccc2c(c1)cc(C)c1n[nH]c(=O)n12. The van der Waals surface area contributed by atoms with Gasteiger partial charge in [-0.1, -0.05) is 11.6 Å². The normalized spacial score (nSPS) is 11.4. The van der Waals surface area contributed by atoms with Gasteiger partial charge in [0.2, 0.25) is 0 Å². The summed E-state index contributed by atoms with van der Waals surface area (Å²) < 4.78 is 1.62. The summed E-state index contributed by atoms with van der Waals surface area (Å²) >= 11 is 0. The fourth-order valence-electron chi connectivity index (χ4n) is 2.08. The van der Waals surface area contributed by atoms with Gasteiger partial charge in [0.25, 0.3) is 0 Å². The van der Waals surface area contributed by atoms with Gasteiger partial charge in [-0.05, 0) is 43.0 Å². The smallest absolute Gasteiger partial charge is 0.246 e. The number of rotatable bonds is 0. The predicted molar refractivity (Wildman–Crippen MR) is 62.8 cm³/mol. The first-order valence-corrected chi connectivity index (χ1v) is 5.14. The minimum atomic E-state index is -0.187. The number of aromatic amines is 1. The molecular formula is C12H11N3O. The second-order valence-corrected chi connectivity index (χ2v) is 4.08. The van der Waals surface area contributed by atoms with Crippen LogP contribution in [0, 0.1) is 13.8 Å². The number of hydrogen-bond donors (Lipinski definition) is 1. The molecule has 0 radical (unpaired) electrons. The molecule has 0 spiro atoms. The van der Waals surface area contributed by atoms with E-state index >= 15 is 0 Å². The molecule has 0 unspecified atom stereocenters. The Morgan fingerprint density at radius 2 is 2.06 bits per heavy atom. The Hall–Kier alpha value is -2.10. The van der Waals surface area contributed by atoms with Crippen LogP contribution in [0.4, 0.5) is 0 Å². The molecule has 0 aliphatic rings. The van der Waals surface area contributed by atoms with E-state index < -0.39 is 0 Å². The molecule has 2 heterocycles. The molecule has 0 aliphatic carbocycles. The summed E-state index contributed by atoms with van der Waals surface area (Å²) in [5.41, 5.74) is 3.58. The van der Waals surface area contributed by atoms with Crippen molar-refractivity contribution in [2.45, 2.75) is 13.8 Å². The standard InChI is InChI=1S/C12H11N3O/c1-7-3-4-10-9(5-7)6-8(2)11-13-14-12(16)15(10)11/h3-6H,1-2H3,(H,14,16). The zero-order valence-corrected chi connectivity index (χ0v) is 9.11. The second-order valence-electron chi connectivity index (χ2n) is 4.08. The molecule has 1 aromatic carbocycles. The Morgan fingerprint density at radius 1 is 1.25 bits per heavy atom. The number of hydrogen-bond acceptors (Lipinski definition) is 2. The van der Waals surface area contributed by atoms with Gasteiger partial charge in [-0.15, -0.1) is 0 Å². The van der Waals surface area contributed by atoms with Gasteiger partial charge in [-0.2, -0.15) is 5.10 Å². The Labute approximate surface area is 91.5 Å². The molecule has 0 atom stereocenters. The van der Waals surface area contributed by atoms with Crippen molar-refractivity contribution in [1.82, 2.24) is 14.6 Å². The lowest BCUT2D eigenvalue weighted by molar-refractivity contribution is 1.04. The second kappa shape index (κ2) is 2.95. The third-order valence-corrected chi connectivity index (χ3v) is 2.82. The lowest BCUT2D eigenvalue weighted by Gasteiger charge is -2.04. The van der Waals surface area contributed by atoms with Gasteiger partial charge in [-0.3, -0.25) is 0 Å². The van der Waals surface area contributed by atoms with Crippen LogP contribution < -0.4 is 5.69 Å². The number of nitrogens with one attached hydrogen (secondary N) is 1. The molecule has 0 bridgehead atoms. The first-order chi connectivity index (χ1) is 7.66. The first kappa shape index (κ1) is 9.15. The lowest BCUT2D eigenvalue weighted by atomic mass is 10.1. The summed E-state index contributed by atoms with van der Waals surface area (Å²) in [5, 5.41) is 7.56. The maximum atomic E-state index is 11.7. The average molecular weight is 213 g/mol. The molecule has 80 valence electrons. The van der Waals surface area contributed by atoms with E-state index in [9.17, 15) is 4.79 Å². The number of H-pyrrole nitrogens is 1. The van der Waals surface area contributed by atoms with E-state index in [4.69, 9.17) is 0 Å². The predicted octanol–water partition coefficient (Wildman–Crippen LogP) is 1.79. The highest BCUT2D eigenvalue weighted by Gasteiger charge is 2.07. The van der Waals surface area contributed by atoms with Crippen LogP contribution in [-0.2, 0) is 0 Å². The van der Waals surface area contributed by atoms with Crippen molar-refractivity contribution in [3.8, 4) is 0 Å². The van der Waals surface area contributed by atoms with Gasteiger partial charge in [0.05, 0.1) is 5.52 Å². The largest absolute Gasteiger partial charge is 0.348 e. The summed E-state index contributed by atoms with van der Waals surface area (Å²) in [6.07, 6.45) is 0. The van der Waals surface area contributed by atoms with Crippen molar-refractivity contribution in [1.29, 1.82) is 0 Å². The summed E-state index contributed by atoms with van der Waals surface area (Å²) in [7, 11) is 0. The quantitative estimate of drug-likeness (QED) is 0.619. The maximum absolute atomic E-state index is 11.7. The summed E-state index contributed by atoms with van der Waals surface area (Å²) in [5.74, 6) is 0. The third-order valence-electron chi connectivity index (χ3n) is 2.82. The van der Waals surface area contributed by atoms with Gasteiger partial charge in [0.1, 0.15) is 0 Å². The Morgan fingerprint density at radius 3 is 2.88 bits per heavy atom. The van der Waals surface area contributed by atoms with Crippen LogP contribution in [0.5, 0.6) is 0 Å². The molecule has 3 aromatic rings. The van der Waals surface area contributed by atoms with Crippen molar-refractivity contribution in [3.63, 3.8) is 0 Å². The van der Waals surface area contributed by atoms with Crippen LogP contribution in [0.25, 0.3) is 16.6 Å². The van der Waals surface area contributed by atoms with Crippen LogP contribution in [0.15, 0.2) is 29.1 Å². The van der Waals surface area contributed by atoms with Crippen molar-refractivity contribution in [2.24, 2.45) is 0 Å². The van der Waals surface area contributed by atoms with E-state index in [1.54, 1.807) is 4.40 Å². The monoisotopic (exact) mass is 213 g/mol. The van der Waals surface area contributed by atoms with E-state index in [0.29, 0.717) is 5.65 Å². The maximum Gasteiger partial charge on any atom is 0.348 e. The van der Waals surface area contributed by atoms with Crippen LogP contribution in [0.3, 0.4) is 0 Å². The molecule has 4 nitrogen and oxygen atoms in total.